The molecule has 0 spiro atoms. The van der Waals surface area contributed by atoms with Gasteiger partial charge in [0.15, 0.2) is 6.23 Å². The van der Waals surface area contributed by atoms with Gasteiger partial charge >= 0.3 is 11.7 Å². The maximum absolute atomic E-state index is 12.7. The highest BCUT2D eigenvalue weighted by Crippen LogP contribution is 2.56. The molecule has 1 aliphatic heterocycles. The molecule has 1 aromatic heterocycles. The van der Waals surface area contributed by atoms with E-state index in [1.807, 2.05) is 0 Å². The van der Waals surface area contributed by atoms with Gasteiger partial charge in [-0.05, 0) is 18.9 Å². The number of rotatable bonds is 37. The van der Waals surface area contributed by atoms with Gasteiger partial charge in [0.2, 0.25) is 0 Å². The van der Waals surface area contributed by atoms with Crippen molar-refractivity contribution >= 4 is 27.4 Å². The van der Waals surface area contributed by atoms with E-state index in [-0.39, 0.29) is 18.8 Å². The van der Waals surface area contributed by atoms with Gasteiger partial charge in [0.05, 0.1) is 19.8 Å². The Hall–Kier alpha value is -1.75. The van der Waals surface area contributed by atoms with E-state index in [1.165, 1.54) is 96.0 Å². The topological polar surface area (TPSA) is 254 Å². The second kappa shape index (κ2) is 31.1. The number of carbonyl (C=O) groups excluding carboxylic acids is 1. The highest BCUT2D eigenvalue weighted by molar-refractivity contribution is 7.59. The highest BCUT2D eigenvalue weighted by Gasteiger charge is 2.45. The lowest BCUT2D eigenvalue weighted by Crippen LogP contribution is -2.36. The molecule has 1 saturated heterocycles. The normalized spacial score (nSPS) is 20.6. The highest BCUT2D eigenvalue weighted by atomic mass is 31.3. The van der Waals surface area contributed by atoms with E-state index in [0.29, 0.717) is 13.0 Å². The van der Waals surface area contributed by atoms with E-state index in [1.54, 1.807) is 0 Å². The summed E-state index contributed by atoms with van der Waals surface area (Å²) < 4.78 is 56.2. The predicted octanol–water partition coefficient (Wildman–Crippen LogP) is 6.76. The van der Waals surface area contributed by atoms with Gasteiger partial charge < -0.3 is 49.0 Å². The van der Waals surface area contributed by atoms with Gasteiger partial charge in [-0.2, -0.15) is 4.98 Å². The molecule has 1 aromatic rings. The first-order chi connectivity index (χ1) is 28.3. The number of hydrogen-bond acceptors (Lipinski definition) is 16. The van der Waals surface area contributed by atoms with Crippen LogP contribution in [0.25, 0.3) is 0 Å². The van der Waals surface area contributed by atoms with Crippen LogP contribution in [0.2, 0.25) is 0 Å². The monoisotopic (exact) mass is 881 g/mol. The lowest BCUT2D eigenvalue weighted by atomic mass is 10.0. The number of aromatic nitrogens is 2. The SMILES string of the molecule is CCCCCCCCCCCCCCCCOCC(COP(=O)([O-])OP(=O)([O-])OCC1OC(n2ccc(N)nc2=O)[C@@H](O)[C@@H]1O)OC(=O)CCCCCCCCCCC. The number of phosphoric acid groups is 2. The quantitative estimate of drug-likeness (QED) is 0.0354. The van der Waals surface area contributed by atoms with Crippen molar-refractivity contribution in [2.75, 3.05) is 32.2 Å². The zero-order valence-corrected chi connectivity index (χ0v) is 37.3. The van der Waals surface area contributed by atoms with Gasteiger partial charge in [0.25, 0.3) is 15.6 Å². The Balaban J connectivity index is 1.79. The van der Waals surface area contributed by atoms with Crippen LogP contribution in [0, 0.1) is 0 Å². The van der Waals surface area contributed by atoms with Gasteiger partial charge in [-0.3, -0.25) is 18.5 Å². The van der Waals surface area contributed by atoms with E-state index in [4.69, 9.17) is 24.5 Å². The summed E-state index contributed by atoms with van der Waals surface area (Å²) in [4.78, 5) is 53.5. The smallest absolute Gasteiger partial charge is 0.351 e. The van der Waals surface area contributed by atoms with Crippen LogP contribution < -0.4 is 21.2 Å². The van der Waals surface area contributed by atoms with Crippen LogP contribution in [0.3, 0.4) is 0 Å². The second-order valence-electron chi connectivity index (χ2n) is 15.5. The molecule has 5 unspecified atom stereocenters. The standard InChI is InChI=1S/C40H75N3O14P2/c1-3-5-7-9-11-13-14-15-16-17-19-21-23-25-29-52-30-33(55-36(44)26-24-22-20-18-12-10-8-6-4-2)31-53-58(48,49)57-59(50,51)54-32-34-37(45)38(46)39(56-34)43-28-27-35(41)42-40(43)47/h27-28,33-34,37-39,45-46H,3-26,29-32H2,1-2H3,(H,48,49)(H,50,51)(H2,41,42,47)/p-2/t33?,34?,37-,38+,39?/m1/s1. The first kappa shape index (κ1) is 53.4. The van der Waals surface area contributed by atoms with E-state index in [9.17, 15) is 38.7 Å². The van der Waals surface area contributed by atoms with Crippen LogP contribution in [0.4, 0.5) is 5.82 Å². The first-order valence-electron chi connectivity index (χ1n) is 22.0. The number of phosphoric ester groups is 2. The van der Waals surface area contributed by atoms with Crippen LogP contribution in [-0.2, 0) is 41.5 Å². The minimum Gasteiger partial charge on any atom is -0.756 e. The molecular formula is C40H73N3O14P2-2. The number of ether oxygens (including phenoxy) is 3. The Kier molecular flexibility index (Phi) is 28.2. The van der Waals surface area contributed by atoms with Gasteiger partial charge in [0, 0.05) is 19.2 Å². The Bertz CT molecular complexity index is 1420. The molecule has 19 heteroatoms. The summed E-state index contributed by atoms with van der Waals surface area (Å²) in [5.41, 5.74) is 4.57. The fraction of sp³-hybridized carbons (Fsp3) is 0.875. The summed E-state index contributed by atoms with van der Waals surface area (Å²) in [6.45, 7) is 2.82. The molecule has 0 saturated carbocycles. The zero-order valence-electron chi connectivity index (χ0n) is 35.5. The molecule has 0 aromatic carbocycles. The van der Waals surface area contributed by atoms with Crippen LogP contribution in [0.15, 0.2) is 17.1 Å². The van der Waals surface area contributed by atoms with Crippen molar-refractivity contribution in [1.82, 2.24) is 9.55 Å². The van der Waals surface area contributed by atoms with Crippen LogP contribution in [0.5, 0.6) is 0 Å². The maximum Gasteiger partial charge on any atom is 0.351 e. The Labute approximate surface area is 351 Å². The van der Waals surface area contributed by atoms with Crippen molar-refractivity contribution in [3.05, 3.63) is 22.7 Å². The number of esters is 1. The van der Waals surface area contributed by atoms with Crippen molar-refractivity contribution in [1.29, 1.82) is 0 Å². The van der Waals surface area contributed by atoms with Gasteiger partial charge in [0.1, 0.15) is 30.2 Å². The number of hydrogen-bond donors (Lipinski definition) is 3. The minimum atomic E-state index is -5.66. The molecule has 2 heterocycles. The molecule has 344 valence electrons. The summed E-state index contributed by atoms with van der Waals surface area (Å²) in [6.07, 6.45) is 20.1. The molecule has 2 rings (SSSR count). The van der Waals surface area contributed by atoms with Crippen molar-refractivity contribution < 1.29 is 61.5 Å². The summed E-state index contributed by atoms with van der Waals surface area (Å²) >= 11 is 0. The van der Waals surface area contributed by atoms with Crippen molar-refractivity contribution in [3.8, 4) is 0 Å². The number of nitrogen functional groups attached to an aromatic ring is 1. The molecule has 0 aliphatic carbocycles. The zero-order chi connectivity index (χ0) is 43.4. The molecule has 4 N–H and O–H groups in total. The second-order valence-corrected chi connectivity index (χ2v) is 18.5. The fourth-order valence-electron chi connectivity index (χ4n) is 6.78. The summed E-state index contributed by atoms with van der Waals surface area (Å²) in [5.74, 6) is -0.659. The summed E-state index contributed by atoms with van der Waals surface area (Å²) in [5, 5.41) is 20.8. The number of nitrogens with zero attached hydrogens (tertiary/aromatic N) is 2. The van der Waals surface area contributed by atoms with Crippen molar-refractivity contribution in [3.63, 3.8) is 0 Å². The average molecular weight is 882 g/mol. The third-order valence-corrected chi connectivity index (χ3v) is 12.7. The number of aliphatic hydroxyl groups excluding tert-OH is 2. The van der Waals surface area contributed by atoms with Gasteiger partial charge in [-0.1, -0.05) is 149 Å². The van der Waals surface area contributed by atoms with Crippen LogP contribution >= 0.6 is 15.6 Å². The molecule has 1 aliphatic rings. The molecule has 0 radical (unpaired) electrons. The minimum absolute atomic E-state index is 0.0980. The Morgan fingerprint density at radius 2 is 1.27 bits per heavy atom. The lowest BCUT2D eigenvalue weighted by molar-refractivity contribution is -0.247. The first-order valence-corrected chi connectivity index (χ1v) is 25.0. The van der Waals surface area contributed by atoms with Crippen LogP contribution in [-0.4, -0.2) is 76.6 Å². The molecular weight excluding hydrogens is 808 g/mol. The van der Waals surface area contributed by atoms with Crippen molar-refractivity contribution in [2.45, 2.75) is 199 Å². The largest absolute Gasteiger partial charge is 0.756 e. The molecule has 17 nitrogen and oxygen atoms in total. The third-order valence-electron chi connectivity index (χ3n) is 10.2. The van der Waals surface area contributed by atoms with E-state index >= 15 is 0 Å². The van der Waals surface area contributed by atoms with E-state index < -0.39 is 71.2 Å². The van der Waals surface area contributed by atoms with Gasteiger partial charge in [-0.25, -0.2) is 9.11 Å². The molecule has 1 fully saturated rings. The van der Waals surface area contributed by atoms with Crippen LogP contribution in [0.1, 0.15) is 174 Å². The third kappa shape index (κ3) is 24.5. The molecule has 7 atom stereocenters. The van der Waals surface area contributed by atoms with E-state index in [0.717, 1.165) is 62.1 Å². The van der Waals surface area contributed by atoms with E-state index in [2.05, 4.69) is 27.7 Å². The van der Waals surface area contributed by atoms with Gasteiger partial charge in [-0.15, -0.1) is 0 Å². The molecule has 59 heavy (non-hydrogen) atoms. The average Bonchev–Trinajstić information content (AvgIpc) is 3.46. The predicted molar refractivity (Wildman–Crippen MR) is 220 cm³/mol. The molecule has 0 bridgehead atoms. The number of unbranched alkanes of at least 4 members (excludes halogenated alkanes) is 21. The maximum atomic E-state index is 12.7. The number of anilines is 1. The summed E-state index contributed by atoms with van der Waals surface area (Å²) in [6, 6.07) is 1.25. The lowest BCUT2D eigenvalue weighted by Gasteiger charge is -2.32. The fourth-order valence-corrected chi connectivity index (χ4v) is 8.81. The number of carbonyl (C=O) groups is 1. The number of aliphatic hydroxyl groups is 2. The number of nitrogens with two attached hydrogens (primary N) is 1. The molecule has 0 amide bonds. The Morgan fingerprint density at radius 3 is 1.80 bits per heavy atom. The van der Waals surface area contributed by atoms with Crippen molar-refractivity contribution in [2.24, 2.45) is 0 Å². The summed E-state index contributed by atoms with van der Waals surface area (Å²) in [7, 11) is -11.3. The Morgan fingerprint density at radius 1 is 0.780 bits per heavy atom.